The lowest BCUT2D eigenvalue weighted by atomic mass is 10.1. The molecule has 2 aliphatic rings. The number of fused-ring (bicyclic) bond motifs is 1. The molecule has 1 saturated heterocycles. The van der Waals surface area contributed by atoms with E-state index < -0.39 is 0 Å². The quantitative estimate of drug-likeness (QED) is 0.679. The maximum Gasteiger partial charge on any atom is 0.185 e. The van der Waals surface area contributed by atoms with Crippen molar-refractivity contribution >= 4 is 16.5 Å². The molecule has 5 rings (SSSR count). The molecule has 0 unspecified atom stereocenters. The number of benzene rings is 1. The maximum absolute atomic E-state index is 5.43. The lowest BCUT2D eigenvalue weighted by Gasteiger charge is -2.27. The van der Waals surface area contributed by atoms with Crippen LogP contribution in [0.1, 0.15) is 16.1 Å². The summed E-state index contributed by atoms with van der Waals surface area (Å²) in [6, 6.07) is 10.2. The Labute approximate surface area is 168 Å². The number of thiazole rings is 1. The summed E-state index contributed by atoms with van der Waals surface area (Å²) < 4.78 is 5.43. The number of rotatable bonds is 4. The summed E-state index contributed by atoms with van der Waals surface area (Å²) >= 11 is 1.80. The van der Waals surface area contributed by atoms with Gasteiger partial charge in [-0.3, -0.25) is 4.90 Å². The van der Waals surface area contributed by atoms with E-state index in [-0.39, 0.29) is 0 Å². The predicted octanol–water partition coefficient (Wildman–Crippen LogP) is 3.00. The highest BCUT2D eigenvalue weighted by Crippen LogP contribution is 2.27. The van der Waals surface area contributed by atoms with Gasteiger partial charge in [-0.05, 0) is 0 Å². The molecular formula is C21H23N5OS. The normalized spacial score (nSPS) is 17.5. The number of hydrogen-bond donors (Lipinski definition) is 0. The second kappa shape index (κ2) is 7.95. The summed E-state index contributed by atoms with van der Waals surface area (Å²) in [7, 11) is 0. The van der Waals surface area contributed by atoms with Crippen molar-refractivity contribution in [1.82, 2.24) is 19.9 Å². The van der Waals surface area contributed by atoms with Crippen LogP contribution in [0.2, 0.25) is 0 Å². The minimum Gasteiger partial charge on any atom is -0.378 e. The van der Waals surface area contributed by atoms with Crippen molar-refractivity contribution in [3.05, 3.63) is 58.9 Å². The minimum absolute atomic E-state index is 0.794. The van der Waals surface area contributed by atoms with Crippen LogP contribution < -0.4 is 4.90 Å². The Hall–Kier alpha value is -2.35. The molecule has 0 atom stereocenters. The fraction of sp³-hybridized carbons (Fsp3) is 0.381. The van der Waals surface area contributed by atoms with Crippen molar-refractivity contribution in [3.63, 3.8) is 0 Å². The molecule has 4 heterocycles. The Kier molecular flexibility index (Phi) is 5.03. The molecule has 7 heteroatoms. The highest BCUT2D eigenvalue weighted by atomic mass is 32.1. The number of hydrogen-bond acceptors (Lipinski definition) is 7. The van der Waals surface area contributed by atoms with Crippen molar-refractivity contribution in [1.29, 1.82) is 0 Å². The van der Waals surface area contributed by atoms with E-state index in [9.17, 15) is 0 Å². The van der Waals surface area contributed by atoms with E-state index in [4.69, 9.17) is 9.72 Å². The van der Waals surface area contributed by atoms with Crippen LogP contribution in [-0.2, 0) is 24.2 Å². The summed E-state index contributed by atoms with van der Waals surface area (Å²) in [6.45, 7) is 6.31. The van der Waals surface area contributed by atoms with Crippen LogP contribution in [0.25, 0.3) is 11.4 Å². The standard InChI is InChI=1S/C21H23N5OS/c1-2-4-16(5-3-1)20-22-12-17-14-25(7-6-19(17)24-20)15-18-13-23-21(28-18)26-8-10-27-11-9-26/h1-5,12-13H,6-11,14-15H2. The second-order valence-corrected chi connectivity index (χ2v) is 8.29. The van der Waals surface area contributed by atoms with E-state index in [0.29, 0.717) is 0 Å². The molecule has 0 radical (unpaired) electrons. The van der Waals surface area contributed by atoms with Gasteiger partial charge in [-0.2, -0.15) is 0 Å². The fourth-order valence-corrected chi connectivity index (χ4v) is 4.73. The van der Waals surface area contributed by atoms with Gasteiger partial charge in [-0.25, -0.2) is 15.0 Å². The zero-order valence-electron chi connectivity index (χ0n) is 15.8. The van der Waals surface area contributed by atoms with Gasteiger partial charge in [0.25, 0.3) is 0 Å². The molecule has 0 amide bonds. The average molecular weight is 394 g/mol. The SMILES string of the molecule is c1ccc(-c2ncc3c(n2)CCN(Cc2cnc(N4CCOCC4)s2)C3)cc1. The largest absolute Gasteiger partial charge is 0.378 e. The maximum atomic E-state index is 5.43. The second-order valence-electron chi connectivity index (χ2n) is 7.20. The Morgan fingerprint density at radius 3 is 2.71 bits per heavy atom. The molecule has 3 aromatic rings. The molecule has 0 N–H and O–H groups in total. The molecule has 0 aliphatic carbocycles. The van der Waals surface area contributed by atoms with Gasteiger partial charge in [0.2, 0.25) is 0 Å². The Balaban J connectivity index is 1.26. The number of aromatic nitrogens is 3. The number of anilines is 1. The van der Waals surface area contributed by atoms with Crippen molar-refractivity contribution in [2.75, 3.05) is 37.7 Å². The first-order valence-corrected chi connectivity index (χ1v) is 10.6. The van der Waals surface area contributed by atoms with E-state index in [0.717, 1.165) is 68.9 Å². The summed E-state index contributed by atoms with van der Waals surface area (Å²) in [4.78, 5) is 20.2. The molecule has 0 saturated carbocycles. The van der Waals surface area contributed by atoms with Crippen LogP contribution in [0, 0.1) is 0 Å². The first-order chi connectivity index (χ1) is 13.8. The van der Waals surface area contributed by atoms with E-state index in [2.05, 4.69) is 31.9 Å². The third-order valence-electron chi connectivity index (χ3n) is 5.25. The molecule has 28 heavy (non-hydrogen) atoms. The van der Waals surface area contributed by atoms with Crippen molar-refractivity contribution in [3.8, 4) is 11.4 Å². The van der Waals surface area contributed by atoms with Gasteiger partial charge in [0.1, 0.15) is 0 Å². The summed E-state index contributed by atoms with van der Waals surface area (Å²) in [5.41, 5.74) is 3.50. The Morgan fingerprint density at radius 2 is 1.86 bits per heavy atom. The molecule has 6 nitrogen and oxygen atoms in total. The first-order valence-electron chi connectivity index (χ1n) is 9.75. The van der Waals surface area contributed by atoms with Crippen molar-refractivity contribution in [2.24, 2.45) is 0 Å². The lowest BCUT2D eigenvalue weighted by Crippen LogP contribution is -2.36. The van der Waals surface area contributed by atoms with Crippen LogP contribution in [0.5, 0.6) is 0 Å². The summed E-state index contributed by atoms with van der Waals surface area (Å²) in [5.74, 6) is 0.824. The van der Waals surface area contributed by atoms with Gasteiger partial charge in [-0.15, -0.1) is 11.3 Å². The fourth-order valence-electron chi connectivity index (χ4n) is 3.73. The molecule has 144 valence electrons. The van der Waals surface area contributed by atoms with Crippen LogP contribution in [0.4, 0.5) is 5.13 Å². The molecule has 1 fully saturated rings. The average Bonchev–Trinajstić information content (AvgIpc) is 3.23. The summed E-state index contributed by atoms with van der Waals surface area (Å²) in [6.07, 6.45) is 5.00. The molecule has 1 aromatic carbocycles. The molecule has 2 aliphatic heterocycles. The number of nitrogens with zero attached hydrogens (tertiary/aromatic N) is 5. The molecule has 0 bridgehead atoms. The van der Waals surface area contributed by atoms with Crippen LogP contribution in [0.15, 0.2) is 42.7 Å². The van der Waals surface area contributed by atoms with Crippen LogP contribution >= 0.6 is 11.3 Å². The monoisotopic (exact) mass is 393 g/mol. The molecule has 0 spiro atoms. The van der Waals surface area contributed by atoms with Gasteiger partial charge < -0.3 is 9.64 Å². The van der Waals surface area contributed by atoms with Crippen molar-refractivity contribution < 1.29 is 4.74 Å². The van der Waals surface area contributed by atoms with E-state index in [1.165, 1.54) is 16.1 Å². The predicted molar refractivity (Wildman–Crippen MR) is 110 cm³/mol. The first kappa shape index (κ1) is 17.7. The number of morpholine rings is 1. The van der Waals surface area contributed by atoms with E-state index >= 15 is 0 Å². The zero-order chi connectivity index (χ0) is 18.8. The van der Waals surface area contributed by atoms with Gasteiger partial charge in [-0.1, -0.05) is 30.3 Å². The van der Waals surface area contributed by atoms with Crippen LogP contribution in [0.3, 0.4) is 0 Å². The smallest absolute Gasteiger partial charge is 0.185 e. The summed E-state index contributed by atoms with van der Waals surface area (Å²) in [5, 5.41) is 1.12. The Morgan fingerprint density at radius 1 is 1.00 bits per heavy atom. The molecular weight excluding hydrogens is 370 g/mol. The topological polar surface area (TPSA) is 54.4 Å². The Bertz CT molecular complexity index is 939. The van der Waals surface area contributed by atoms with Gasteiger partial charge in [0, 0.05) is 67.5 Å². The van der Waals surface area contributed by atoms with Gasteiger partial charge in [0.15, 0.2) is 11.0 Å². The third kappa shape index (κ3) is 3.78. The highest BCUT2D eigenvalue weighted by Gasteiger charge is 2.21. The van der Waals surface area contributed by atoms with Gasteiger partial charge in [0.05, 0.1) is 18.9 Å². The highest BCUT2D eigenvalue weighted by molar-refractivity contribution is 7.15. The van der Waals surface area contributed by atoms with Crippen LogP contribution in [-0.4, -0.2) is 52.7 Å². The number of ether oxygens (including phenoxy) is 1. The zero-order valence-corrected chi connectivity index (χ0v) is 16.6. The third-order valence-corrected chi connectivity index (χ3v) is 6.29. The van der Waals surface area contributed by atoms with E-state index in [1.807, 2.05) is 30.6 Å². The van der Waals surface area contributed by atoms with Gasteiger partial charge >= 0.3 is 0 Å². The molecule has 2 aromatic heterocycles. The van der Waals surface area contributed by atoms with E-state index in [1.54, 1.807) is 11.3 Å². The van der Waals surface area contributed by atoms with Crippen molar-refractivity contribution in [2.45, 2.75) is 19.5 Å². The minimum atomic E-state index is 0.794. The lowest BCUT2D eigenvalue weighted by molar-refractivity contribution is 0.122.